The summed E-state index contributed by atoms with van der Waals surface area (Å²) in [6, 6.07) is 17.9. The molecule has 2 heterocycles. The van der Waals surface area contributed by atoms with Gasteiger partial charge in [0.1, 0.15) is 6.04 Å². The molecule has 2 N–H and O–H groups in total. The number of carbonyl (C=O) groups excluding carboxylic acids is 2. The maximum atomic E-state index is 12.2. The Labute approximate surface area is 143 Å². The lowest BCUT2D eigenvalue weighted by Crippen LogP contribution is -2.23. The molecule has 3 aromatic rings. The first-order valence-electron chi connectivity index (χ1n) is 7.88. The van der Waals surface area contributed by atoms with E-state index in [9.17, 15) is 9.59 Å². The molecule has 1 aromatic heterocycles. The highest BCUT2D eigenvalue weighted by molar-refractivity contribution is 6.01. The molecule has 4 rings (SSSR count). The third-order valence-corrected chi connectivity index (χ3v) is 3.93. The fourth-order valence-electron chi connectivity index (χ4n) is 2.73. The average molecular weight is 333 g/mol. The van der Waals surface area contributed by atoms with Crippen LogP contribution in [0, 0.1) is 0 Å². The van der Waals surface area contributed by atoms with E-state index < -0.39 is 6.04 Å². The van der Waals surface area contributed by atoms with Crippen LogP contribution >= 0.6 is 0 Å². The van der Waals surface area contributed by atoms with Gasteiger partial charge in [0.15, 0.2) is 5.82 Å². The highest BCUT2D eigenvalue weighted by Gasteiger charge is 2.35. The van der Waals surface area contributed by atoms with E-state index in [-0.39, 0.29) is 18.2 Å². The number of para-hydroxylation sites is 1. The maximum absolute atomic E-state index is 12.2. The summed E-state index contributed by atoms with van der Waals surface area (Å²) in [5.74, 6) is 0.346. The molecule has 0 bridgehead atoms. The first kappa shape index (κ1) is 15.1. The zero-order valence-corrected chi connectivity index (χ0v) is 13.2. The Morgan fingerprint density at radius 3 is 2.48 bits per heavy atom. The second kappa shape index (κ2) is 6.20. The molecule has 0 unspecified atom stereocenters. The van der Waals surface area contributed by atoms with Crippen LogP contribution in [-0.2, 0) is 9.59 Å². The van der Waals surface area contributed by atoms with Gasteiger partial charge in [-0.05, 0) is 12.1 Å². The minimum atomic E-state index is -0.705. The van der Waals surface area contributed by atoms with Crippen LogP contribution in [0.15, 0.2) is 60.7 Å². The van der Waals surface area contributed by atoms with E-state index in [0.29, 0.717) is 17.5 Å². The van der Waals surface area contributed by atoms with Gasteiger partial charge < -0.3 is 5.32 Å². The summed E-state index contributed by atoms with van der Waals surface area (Å²) in [4.78, 5) is 28.7. The predicted molar refractivity (Wildman–Crippen MR) is 92.8 cm³/mol. The Bertz CT molecular complexity index is 921. The van der Waals surface area contributed by atoms with Crippen LogP contribution in [0.1, 0.15) is 12.5 Å². The van der Waals surface area contributed by atoms with Crippen LogP contribution in [-0.4, -0.2) is 26.6 Å². The van der Waals surface area contributed by atoms with Gasteiger partial charge in [0.05, 0.1) is 6.42 Å². The van der Waals surface area contributed by atoms with Crippen molar-refractivity contribution in [3.05, 3.63) is 60.7 Å². The highest BCUT2D eigenvalue weighted by Crippen LogP contribution is 2.28. The second-order valence-corrected chi connectivity index (χ2v) is 5.69. The number of nitrogens with zero attached hydrogens (tertiary/aromatic N) is 3. The van der Waals surface area contributed by atoms with Crippen molar-refractivity contribution in [1.29, 1.82) is 0 Å². The van der Waals surface area contributed by atoms with Crippen molar-refractivity contribution in [1.82, 2.24) is 14.8 Å². The van der Waals surface area contributed by atoms with Crippen LogP contribution in [0.2, 0.25) is 0 Å². The van der Waals surface area contributed by atoms with Gasteiger partial charge in [0.25, 0.3) is 5.91 Å². The van der Waals surface area contributed by atoms with E-state index in [1.54, 1.807) is 12.1 Å². The molecule has 0 saturated heterocycles. The van der Waals surface area contributed by atoms with E-state index in [1.165, 1.54) is 4.68 Å². The van der Waals surface area contributed by atoms with E-state index in [4.69, 9.17) is 0 Å². The van der Waals surface area contributed by atoms with Crippen LogP contribution in [0.5, 0.6) is 0 Å². The van der Waals surface area contributed by atoms with Gasteiger partial charge in [0, 0.05) is 11.3 Å². The monoisotopic (exact) mass is 333 g/mol. The number of amides is 2. The number of nitrogens with one attached hydrogen (secondary N) is 2. The van der Waals surface area contributed by atoms with Gasteiger partial charge in [-0.25, -0.2) is 4.68 Å². The Hall–Kier alpha value is -3.48. The fraction of sp³-hybridized carbons (Fsp3) is 0.111. The minimum Gasteiger partial charge on any atom is -0.326 e. The summed E-state index contributed by atoms with van der Waals surface area (Å²) in [5, 5.41) is 9.85. The molecule has 0 aliphatic carbocycles. The largest absolute Gasteiger partial charge is 0.326 e. The van der Waals surface area contributed by atoms with E-state index in [2.05, 4.69) is 20.7 Å². The molecule has 124 valence electrons. The Morgan fingerprint density at radius 1 is 1.08 bits per heavy atom. The van der Waals surface area contributed by atoms with Gasteiger partial charge in [0.2, 0.25) is 11.9 Å². The standard InChI is InChI=1S/C18H15N5O2/c24-15(19-13-9-5-2-6-10-13)11-14-17(25)21-18-20-16(22-23(14)18)12-7-3-1-4-8-12/h1-10,14H,11H2,(H,19,24)(H,20,21,22,25)/t14-/m0/s1. The van der Waals surface area contributed by atoms with Gasteiger partial charge in [-0.3, -0.25) is 14.9 Å². The van der Waals surface area contributed by atoms with Crippen molar-refractivity contribution in [2.45, 2.75) is 12.5 Å². The van der Waals surface area contributed by atoms with Gasteiger partial charge in [-0.15, -0.1) is 5.10 Å². The van der Waals surface area contributed by atoms with Crippen LogP contribution in [0.3, 0.4) is 0 Å². The van der Waals surface area contributed by atoms with Crippen molar-refractivity contribution in [2.24, 2.45) is 0 Å². The molecule has 25 heavy (non-hydrogen) atoms. The number of hydrogen-bond acceptors (Lipinski definition) is 4. The number of aromatic nitrogens is 3. The molecule has 0 fully saturated rings. The lowest BCUT2D eigenvalue weighted by molar-refractivity contribution is -0.123. The molecule has 0 radical (unpaired) electrons. The molecule has 0 saturated carbocycles. The zero-order chi connectivity index (χ0) is 17.2. The fourth-order valence-corrected chi connectivity index (χ4v) is 2.73. The first-order chi connectivity index (χ1) is 12.2. The lowest BCUT2D eigenvalue weighted by atomic mass is 10.2. The van der Waals surface area contributed by atoms with Crippen LogP contribution < -0.4 is 10.6 Å². The van der Waals surface area contributed by atoms with Crippen molar-refractivity contribution < 1.29 is 9.59 Å². The van der Waals surface area contributed by atoms with Gasteiger partial charge >= 0.3 is 0 Å². The Morgan fingerprint density at radius 2 is 1.76 bits per heavy atom. The maximum Gasteiger partial charge on any atom is 0.252 e. The quantitative estimate of drug-likeness (QED) is 0.767. The smallest absolute Gasteiger partial charge is 0.252 e. The molecule has 2 aromatic carbocycles. The van der Waals surface area contributed by atoms with Crippen molar-refractivity contribution >= 4 is 23.5 Å². The van der Waals surface area contributed by atoms with Crippen LogP contribution in [0.25, 0.3) is 11.4 Å². The lowest BCUT2D eigenvalue weighted by Gasteiger charge is -2.09. The number of fused-ring (bicyclic) bond motifs is 1. The van der Waals surface area contributed by atoms with Crippen molar-refractivity contribution in [2.75, 3.05) is 10.6 Å². The third-order valence-electron chi connectivity index (χ3n) is 3.93. The summed E-state index contributed by atoms with van der Waals surface area (Å²) in [6.45, 7) is 0. The molecule has 1 aliphatic heterocycles. The van der Waals surface area contributed by atoms with Gasteiger partial charge in [-0.2, -0.15) is 4.98 Å². The van der Waals surface area contributed by atoms with E-state index >= 15 is 0 Å². The summed E-state index contributed by atoms with van der Waals surface area (Å²) in [6.07, 6.45) is -0.00861. The number of anilines is 2. The highest BCUT2D eigenvalue weighted by atomic mass is 16.2. The Balaban J connectivity index is 1.53. The van der Waals surface area contributed by atoms with Crippen LogP contribution in [0.4, 0.5) is 11.6 Å². The molecule has 1 aliphatic rings. The molecule has 2 amide bonds. The summed E-state index contributed by atoms with van der Waals surface area (Å²) in [5.41, 5.74) is 1.54. The predicted octanol–water partition coefficient (Wildman–Crippen LogP) is 2.47. The topological polar surface area (TPSA) is 88.9 Å². The SMILES string of the molecule is O=C(C[C@H]1C(=O)Nc2nc(-c3ccccc3)nn21)Nc1ccccc1. The molecular formula is C18H15N5O2. The normalized spacial score (nSPS) is 15.5. The summed E-state index contributed by atoms with van der Waals surface area (Å²) >= 11 is 0. The van der Waals surface area contributed by atoms with Crippen molar-refractivity contribution in [3.63, 3.8) is 0 Å². The summed E-state index contributed by atoms with van der Waals surface area (Å²) in [7, 11) is 0. The molecule has 7 nitrogen and oxygen atoms in total. The third kappa shape index (κ3) is 2.99. The number of rotatable bonds is 4. The molecule has 7 heteroatoms. The zero-order valence-electron chi connectivity index (χ0n) is 13.2. The molecule has 1 atom stereocenters. The average Bonchev–Trinajstić information content (AvgIpc) is 3.16. The first-order valence-corrected chi connectivity index (χ1v) is 7.88. The van der Waals surface area contributed by atoms with E-state index in [0.717, 1.165) is 5.56 Å². The van der Waals surface area contributed by atoms with Crippen molar-refractivity contribution in [3.8, 4) is 11.4 Å². The second-order valence-electron chi connectivity index (χ2n) is 5.69. The number of benzene rings is 2. The minimum absolute atomic E-state index is 0.00861. The van der Waals surface area contributed by atoms with Gasteiger partial charge in [-0.1, -0.05) is 48.5 Å². The molecule has 0 spiro atoms. The molecular weight excluding hydrogens is 318 g/mol. The number of carbonyl (C=O) groups is 2. The van der Waals surface area contributed by atoms with E-state index in [1.807, 2.05) is 48.5 Å². The summed E-state index contributed by atoms with van der Waals surface area (Å²) < 4.78 is 1.48. The Kier molecular flexibility index (Phi) is 3.74. The number of hydrogen-bond donors (Lipinski definition) is 2.